The van der Waals surface area contributed by atoms with Gasteiger partial charge in [-0.2, -0.15) is 5.26 Å². The van der Waals surface area contributed by atoms with Crippen LogP contribution in [0.5, 0.6) is 5.75 Å². The van der Waals surface area contributed by atoms with Crippen molar-refractivity contribution in [1.29, 1.82) is 5.26 Å². The number of nitrogens with zero attached hydrogens (tertiary/aromatic N) is 1. The molecule has 0 spiro atoms. The summed E-state index contributed by atoms with van der Waals surface area (Å²) in [5, 5.41) is 8.89. The van der Waals surface area contributed by atoms with Gasteiger partial charge in [0, 0.05) is 0 Å². The maximum atomic E-state index is 13.6. The molecule has 2 aromatic rings. The summed E-state index contributed by atoms with van der Waals surface area (Å²) in [6.45, 7) is 0. The summed E-state index contributed by atoms with van der Waals surface area (Å²) in [4.78, 5) is -0.182. The van der Waals surface area contributed by atoms with Gasteiger partial charge < -0.3 is 4.74 Å². The van der Waals surface area contributed by atoms with Crippen LogP contribution in [0.2, 0.25) is 0 Å². The second-order valence-corrected chi connectivity index (χ2v) is 5.63. The SMILES string of the molecule is COc1cc(CS(=O)c2cc(F)ccc2F)ccc1C#N. The Morgan fingerprint density at radius 1 is 1.24 bits per heavy atom. The molecule has 2 aromatic carbocycles. The van der Waals surface area contributed by atoms with E-state index in [2.05, 4.69) is 0 Å². The van der Waals surface area contributed by atoms with Crippen LogP contribution in [-0.4, -0.2) is 11.3 Å². The standard InChI is InChI=1S/C15H11F2NO2S/c1-20-14-6-10(2-3-11(14)8-18)9-21(19)15-7-12(16)4-5-13(15)17/h2-7H,9H2,1H3. The molecule has 6 heteroatoms. The largest absolute Gasteiger partial charge is 0.495 e. The van der Waals surface area contributed by atoms with E-state index in [1.54, 1.807) is 12.1 Å². The Bertz CT molecular complexity index is 741. The normalized spacial score (nSPS) is 11.7. The Morgan fingerprint density at radius 3 is 2.67 bits per heavy atom. The number of nitriles is 1. The van der Waals surface area contributed by atoms with E-state index in [1.807, 2.05) is 6.07 Å². The van der Waals surface area contributed by atoms with Gasteiger partial charge in [-0.1, -0.05) is 6.07 Å². The van der Waals surface area contributed by atoms with Gasteiger partial charge in [0.2, 0.25) is 0 Å². The van der Waals surface area contributed by atoms with Crippen LogP contribution in [0, 0.1) is 23.0 Å². The molecule has 1 atom stereocenters. The van der Waals surface area contributed by atoms with Crippen LogP contribution < -0.4 is 4.74 Å². The lowest BCUT2D eigenvalue weighted by molar-refractivity contribution is 0.413. The lowest BCUT2D eigenvalue weighted by atomic mass is 10.1. The molecule has 0 aliphatic rings. The average molecular weight is 307 g/mol. The number of rotatable bonds is 4. The van der Waals surface area contributed by atoms with E-state index in [4.69, 9.17) is 10.00 Å². The first-order valence-corrected chi connectivity index (χ1v) is 7.27. The maximum absolute atomic E-state index is 13.6. The molecule has 1 unspecified atom stereocenters. The van der Waals surface area contributed by atoms with Gasteiger partial charge >= 0.3 is 0 Å². The van der Waals surface area contributed by atoms with Gasteiger partial charge in [-0.05, 0) is 35.9 Å². The molecular formula is C15H11F2NO2S. The molecule has 0 saturated carbocycles. The molecule has 108 valence electrons. The highest BCUT2D eigenvalue weighted by Gasteiger charge is 2.13. The number of ether oxygens (including phenoxy) is 1. The van der Waals surface area contributed by atoms with Crippen molar-refractivity contribution in [2.75, 3.05) is 7.11 Å². The molecular weight excluding hydrogens is 296 g/mol. The van der Waals surface area contributed by atoms with E-state index < -0.39 is 22.4 Å². The van der Waals surface area contributed by atoms with E-state index in [9.17, 15) is 13.0 Å². The van der Waals surface area contributed by atoms with Crippen LogP contribution >= 0.6 is 0 Å². The lowest BCUT2D eigenvalue weighted by Gasteiger charge is -2.07. The number of hydrogen-bond acceptors (Lipinski definition) is 3. The van der Waals surface area contributed by atoms with E-state index in [0.717, 1.165) is 18.2 Å². The zero-order chi connectivity index (χ0) is 15.4. The Labute approximate surface area is 123 Å². The van der Waals surface area contributed by atoms with Crippen LogP contribution in [0.25, 0.3) is 0 Å². The summed E-state index contributed by atoms with van der Waals surface area (Å²) in [6, 6.07) is 9.51. The minimum Gasteiger partial charge on any atom is -0.495 e. The Morgan fingerprint density at radius 2 is 2.00 bits per heavy atom. The Balaban J connectivity index is 2.28. The first-order chi connectivity index (χ1) is 10.0. The van der Waals surface area contributed by atoms with Crippen LogP contribution in [0.4, 0.5) is 8.78 Å². The Hall–Kier alpha value is -2.26. The number of hydrogen-bond donors (Lipinski definition) is 0. The smallest absolute Gasteiger partial charge is 0.139 e. The number of methoxy groups -OCH3 is 1. The van der Waals surface area contributed by atoms with Gasteiger partial charge in [-0.15, -0.1) is 0 Å². The van der Waals surface area contributed by atoms with Crippen LogP contribution in [0.15, 0.2) is 41.3 Å². The molecule has 0 aliphatic carbocycles. The topological polar surface area (TPSA) is 50.1 Å². The maximum Gasteiger partial charge on any atom is 0.139 e. The summed E-state index contributed by atoms with van der Waals surface area (Å²) >= 11 is 0. The van der Waals surface area contributed by atoms with Crippen LogP contribution in [0.1, 0.15) is 11.1 Å². The summed E-state index contributed by atoms with van der Waals surface area (Å²) in [5.74, 6) is -0.998. The van der Waals surface area contributed by atoms with Gasteiger partial charge in [0.15, 0.2) is 0 Å². The second kappa shape index (κ2) is 6.46. The van der Waals surface area contributed by atoms with Crippen molar-refractivity contribution >= 4 is 10.8 Å². The summed E-state index contributed by atoms with van der Waals surface area (Å²) in [6.07, 6.45) is 0. The van der Waals surface area contributed by atoms with E-state index in [-0.39, 0.29) is 10.6 Å². The minimum atomic E-state index is -1.73. The highest BCUT2D eigenvalue weighted by molar-refractivity contribution is 7.84. The van der Waals surface area contributed by atoms with Gasteiger partial charge in [-0.25, -0.2) is 8.78 Å². The molecule has 0 amide bonds. The van der Waals surface area contributed by atoms with Crippen LogP contribution in [-0.2, 0) is 16.6 Å². The third kappa shape index (κ3) is 3.44. The van der Waals surface area contributed by atoms with Crippen molar-refractivity contribution in [2.24, 2.45) is 0 Å². The van der Waals surface area contributed by atoms with Gasteiger partial charge in [0.1, 0.15) is 23.5 Å². The van der Waals surface area contributed by atoms with Crippen LogP contribution in [0.3, 0.4) is 0 Å². The fourth-order valence-corrected chi connectivity index (χ4v) is 2.97. The summed E-state index contributed by atoms with van der Waals surface area (Å²) in [7, 11) is -0.309. The number of halogens is 2. The molecule has 2 rings (SSSR count). The minimum absolute atomic E-state index is 0.00242. The zero-order valence-corrected chi connectivity index (χ0v) is 11.9. The van der Waals surface area contributed by atoms with Gasteiger partial charge in [0.25, 0.3) is 0 Å². The summed E-state index contributed by atoms with van der Waals surface area (Å²) < 4.78 is 43.9. The van der Waals surface area contributed by atoms with Crippen molar-refractivity contribution in [3.05, 3.63) is 59.2 Å². The molecule has 0 fully saturated rings. The fraction of sp³-hybridized carbons (Fsp3) is 0.133. The molecule has 3 nitrogen and oxygen atoms in total. The zero-order valence-electron chi connectivity index (χ0n) is 11.1. The number of benzene rings is 2. The molecule has 21 heavy (non-hydrogen) atoms. The highest BCUT2D eigenvalue weighted by Crippen LogP contribution is 2.22. The quantitative estimate of drug-likeness (QED) is 0.872. The molecule has 0 heterocycles. The first kappa shape index (κ1) is 15.1. The van der Waals surface area contributed by atoms with Gasteiger partial charge in [0.05, 0.1) is 34.1 Å². The predicted molar refractivity (Wildman–Crippen MR) is 74.2 cm³/mol. The van der Waals surface area contributed by atoms with Crippen molar-refractivity contribution in [3.63, 3.8) is 0 Å². The van der Waals surface area contributed by atoms with E-state index in [1.165, 1.54) is 13.2 Å². The third-order valence-corrected chi connectivity index (χ3v) is 4.22. The van der Waals surface area contributed by atoms with Crippen molar-refractivity contribution < 1.29 is 17.7 Å². The third-order valence-electron chi connectivity index (χ3n) is 2.82. The second-order valence-electron chi connectivity index (χ2n) is 4.21. The monoisotopic (exact) mass is 307 g/mol. The highest BCUT2D eigenvalue weighted by atomic mass is 32.2. The lowest BCUT2D eigenvalue weighted by Crippen LogP contribution is -2.01. The molecule has 0 bridgehead atoms. The van der Waals surface area contributed by atoms with Crippen molar-refractivity contribution in [2.45, 2.75) is 10.6 Å². The molecule has 0 aliphatic heterocycles. The fourth-order valence-electron chi connectivity index (χ4n) is 1.80. The molecule has 0 aromatic heterocycles. The van der Waals surface area contributed by atoms with Gasteiger partial charge in [-0.3, -0.25) is 4.21 Å². The van der Waals surface area contributed by atoms with E-state index >= 15 is 0 Å². The summed E-state index contributed by atoms with van der Waals surface area (Å²) in [5.41, 5.74) is 0.955. The predicted octanol–water partition coefficient (Wildman–Crippen LogP) is 3.15. The molecule has 0 N–H and O–H groups in total. The van der Waals surface area contributed by atoms with Crippen molar-refractivity contribution in [3.8, 4) is 11.8 Å². The average Bonchev–Trinajstić information content (AvgIpc) is 2.49. The van der Waals surface area contributed by atoms with E-state index in [0.29, 0.717) is 16.9 Å². The molecule has 0 radical (unpaired) electrons. The first-order valence-electron chi connectivity index (χ1n) is 5.95. The Kier molecular flexibility index (Phi) is 4.66. The van der Waals surface area contributed by atoms with Crippen molar-refractivity contribution in [1.82, 2.24) is 0 Å². The molecule has 0 saturated heterocycles.